The smallest absolute Gasteiger partial charge is 0.475 e. The summed E-state index contributed by atoms with van der Waals surface area (Å²) in [4.78, 5) is 28.8. The van der Waals surface area contributed by atoms with E-state index in [1.807, 2.05) is 0 Å². The first-order chi connectivity index (χ1) is 12.0. The first-order valence-corrected chi connectivity index (χ1v) is 9.03. The molecule has 0 bridgehead atoms. The van der Waals surface area contributed by atoms with Crippen molar-refractivity contribution in [2.75, 3.05) is 11.5 Å². The van der Waals surface area contributed by atoms with Gasteiger partial charge in [-0.25, -0.2) is 9.69 Å². The highest BCUT2D eigenvalue weighted by molar-refractivity contribution is 9.11. The van der Waals surface area contributed by atoms with E-state index in [4.69, 9.17) is 14.9 Å². The van der Waals surface area contributed by atoms with Crippen LogP contribution in [-0.4, -0.2) is 29.3 Å². The second-order valence-corrected chi connectivity index (χ2v) is 7.77. The van der Waals surface area contributed by atoms with Crippen LogP contribution in [-0.2, 0) is 14.3 Å². The molecule has 0 unspecified atom stereocenters. The van der Waals surface area contributed by atoms with E-state index in [1.165, 1.54) is 12.1 Å². The van der Waals surface area contributed by atoms with Gasteiger partial charge in [0.2, 0.25) is 5.39 Å². The largest absolute Gasteiger partial charge is 0.528 e. The van der Waals surface area contributed by atoms with Crippen LogP contribution < -0.4 is 4.90 Å². The van der Waals surface area contributed by atoms with Crippen molar-refractivity contribution in [2.45, 2.75) is 33.3 Å². The van der Waals surface area contributed by atoms with Crippen molar-refractivity contribution in [3.8, 4) is 0 Å². The second-order valence-electron chi connectivity index (χ2n) is 5.94. The van der Waals surface area contributed by atoms with Crippen LogP contribution in [0.3, 0.4) is 0 Å². The summed E-state index contributed by atoms with van der Waals surface area (Å²) in [7, 11) is 0. The van der Waals surface area contributed by atoms with Crippen LogP contribution in [0.25, 0.3) is 4.98 Å². The van der Waals surface area contributed by atoms with Crippen molar-refractivity contribution >= 4 is 49.5 Å². The monoisotopic (exact) mass is 490 g/mol. The summed E-state index contributed by atoms with van der Waals surface area (Å²) in [6, 6.07) is 4.67. The average Bonchev–Trinajstić information content (AvgIpc) is 2.45. The van der Waals surface area contributed by atoms with E-state index >= 15 is 0 Å². The number of aliphatic hydroxyl groups excluding tert-OH is 1. The normalized spacial score (nSPS) is 11.9. The molecule has 0 aliphatic carbocycles. The molecule has 140 valence electrons. The van der Waals surface area contributed by atoms with E-state index < -0.39 is 29.2 Å². The van der Waals surface area contributed by atoms with Crippen molar-refractivity contribution in [1.82, 2.24) is 0 Å². The predicted octanol–water partition coefficient (Wildman–Crippen LogP) is 5.10. The number of anilines is 1. The van der Waals surface area contributed by atoms with E-state index in [0.717, 1.165) is 0 Å². The van der Waals surface area contributed by atoms with E-state index in [9.17, 15) is 14.7 Å². The number of carbonyl (C=O) groups excluding carboxylic acids is 2. The fourth-order valence-corrected chi connectivity index (χ4v) is 3.04. The van der Waals surface area contributed by atoms with Crippen LogP contribution in [0.15, 0.2) is 38.8 Å². The molecule has 0 aliphatic heterocycles. The van der Waals surface area contributed by atoms with Crippen molar-refractivity contribution in [3.63, 3.8) is 0 Å². The molecular weight excluding hydrogens is 474 g/mol. The highest BCUT2D eigenvalue weighted by Gasteiger charge is 2.41. The molecule has 1 aromatic carbocycles. The molecule has 26 heavy (non-hydrogen) atoms. The van der Waals surface area contributed by atoms with Gasteiger partial charge in [0.25, 0.3) is 0 Å². The van der Waals surface area contributed by atoms with Crippen LogP contribution in [0.2, 0.25) is 0 Å². The summed E-state index contributed by atoms with van der Waals surface area (Å²) in [6.07, 6.45) is -1.02. The van der Waals surface area contributed by atoms with Crippen LogP contribution >= 0.6 is 31.9 Å². The lowest BCUT2D eigenvalue weighted by atomic mass is 10.2. The quantitative estimate of drug-likeness (QED) is 0.357. The Hall–Kier alpha value is -2.12. The lowest BCUT2D eigenvalue weighted by Gasteiger charge is -2.25. The third-order valence-electron chi connectivity index (χ3n) is 2.67. The van der Waals surface area contributed by atoms with Gasteiger partial charge in [-0.3, -0.25) is 4.79 Å². The number of halogens is 2. The molecule has 1 rings (SSSR count). The maximum atomic E-state index is 12.8. The molecule has 0 saturated carbocycles. The number of imide groups is 1. The highest BCUT2D eigenvalue weighted by atomic mass is 79.9. The third-order valence-corrected chi connectivity index (χ3v) is 3.59. The number of nitrogens with zero attached hydrogens (tertiary/aromatic N) is 3. The molecular formula is C16H18Br2N3O5+. The lowest BCUT2D eigenvalue weighted by Crippen LogP contribution is -2.41. The Kier molecular flexibility index (Phi) is 7.59. The fourth-order valence-electron chi connectivity index (χ4n) is 1.77. The minimum atomic E-state index is -1.13. The van der Waals surface area contributed by atoms with Crippen molar-refractivity contribution in [2.24, 2.45) is 0 Å². The molecule has 0 atom stereocenters. The molecule has 0 aliphatic rings. The lowest BCUT2D eigenvalue weighted by molar-refractivity contribution is -0.115. The van der Waals surface area contributed by atoms with Gasteiger partial charge in [-0.05, 0) is 45.9 Å². The number of hydrogen-bond acceptors (Lipinski definition) is 6. The molecule has 8 nitrogen and oxygen atoms in total. The van der Waals surface area contributed by atoms with Gasteiger partial charge in [0.05, 0.1) is 12.3 Å². The zero-order chi connectivity index (χ0) is 20.1. The molecule has 0 spiro atoms. The van der Waals surface area contributed by atoms with Crippen LogP contribution in [0.1, 0.15) is 27.7 Å². The zero-order valence-electron chi connectivity index (χ0n) is 14.6. The molecule has 0 heterocycles. The molecule has 10 heteroatoms. The van der Waals surface area contributed by atoms with Gasteiger partial charge in [0.1, 0.15) is 5.60 Å². The van der Waals surface area contributed by atoms with Gasteiger partial charge in [-0.15, -0.1) is 0 Å². The molecule has 0 saturated heterocycles. The summed E-state index contributed by atoms with van der Waals surface area (Å²) in [5.74, 6) is -2.04. The van der Waals surface area contributed by atoms with E-state index in [1.54, 1.807) is 33.8 Å². The van der Waals surface area contributed by atoms with Crippen molar-refractivity contribution in [3.05, 3.63) is 43.8 Å². The molecule has 0 aromatic heterocycles. The summed E-state index contributed by atoms with van der Waals surface area (Å²) in [5.41, 5.74) is -1.61. The minimum Gasteiger partial charge on any atom is -0.475 e. The number of ether oxygens (including phenoxy) is 2. The summed E-state index contributed by atoms with van der Waals surface area (Å²) in [6.45, 7) is 6.49. The molecule has 2 amide bonds. The van der Waals surface area contributed by atoms with Crippen LogP contribution in [0, 0.1) is 5.39 Å². The predicted molar refractivity (Wildman–Crippen MR) is 102 cm³/mol. The summed E-state index contributed by atoms with van der Waals surface area (Å²) in [5, 5.41) is 18.9. The Balaban J connectivity index is 3.50. The summed E-state index contributed by atoms with van der Waals surface area (Å²) < 4.78 is 11.2. The number of diazo groups is 1. The van der Waals surface area contributed by atoms with Gasteiger partial charge in [-0.2, -0.15) is 0 Å². The topological polar surface area (TPSA) is 104 Å². The Morgan fingerprint density at radius 1 is 1.23 bits per heavy atom. The first kappa shape index (κ1) is 21.9. The average molecular weight is 492 g/mol. The first-order valence-electron chi connectivity index (χ1n) is 7.44. The SMILES string of the molecule is CCO/C(O)=C(/[N+]#N)C(=O)N(C(=O)OC(C)(C)C)c1cc(Br)cc(Br)c1. The van der Waals surface area contributed by atoms with E-state index in [0.29, 0.717) is 13.8 Å². The van der Waals surface area contributed by atoms with Gasteiger partial charge in [0.15, 0.2) is 4.98 Å². The Labute approximate surface area is 167 Å². The maximum Gasteiger partial charge on any atom is 0.528 e. The van der Waals surface area contributed by atoms with E-state index in [-0.39, 0.29) is 12.3 Å². The number of carbonyl (C=O) groups is 2. The van der Waals surface area contributed by atoms with Crippen LogP contribution in [0.5, 0.6) is 0 Å². The summed E-state index contributed by atoms with van der Waals surface area (Å²) >= 11 is 6.54. The van der Waals surface area contributed by atoms with Gasteiger partial charge < -0.3 is 14.6 Å². The zero-order valence-corrected chi connectivity index (χ0v) is 17.8. The van der Waals surface area contributed by atoms with Gasteiger partial charge in [0, 0.05) is 8.95 Å². The molecule has 0 fully saturated rings. The third kappa shape index (κ3) is 6.00. The molecule has 1 aromatic rings. The number of benzene rings is 1. The van der Waals surface area contributed by atoms with Crippen molar-refractivity contribution < 1.29 is 24.2 Å². The number of rotatable bonds is 4. The molecule has 1 N–H and O–H groups in total. The van der Waals surface area contributed by atoms with Crippen molar-refractivity contribution in [1.29, 1.82) is 5.39 Å². The van der Waals surface area contributed by atoms with Crippen LogP contribution in [0.4, 0.5) is 10.5 Å². The second kappa shape index (κ2) is 9.00. The number of amides is 2. The van der Waals surface area contributed by atoms with Gasteiger partial charge in [-0.1, -0.05) is 31.9 Å². The Bertz CT molecular complexity index is 761. The number of hydrogen-bond donors (Lipinski definition) is 1. The Morgan fingerprint density at radius 3 is 2.19 bits per heavy atom. The molecule has 0 radical (unpaired) electrons. The number of aliphatic hydroxyl groups is 1. The van der Waals surface area contributed by atoms with E-state index in [2.05, 4.69) is 36.8 Å². The standard InChI is InChI=1S/C16H17Br2N3O5/c1-5-25-14(23)12(20-19)13(22)21(15(24)26-16(2,3)4)11-7-9(17)6-10(18)8-11/h6-8H,5H2,1-4H3/p+1. The maximum absolute atomic E-state index is 12.8. The fraction of sp³-hybridized carbons (Fsp3) is 0.375. The minimum absolute atomic E-state index is 0.0208. The van der Waals surface area contributed by atoms with Gasteiger partial charge >= 0.3 is 23.6 Å². The highest BCUT2D eigenvalue weighted by Crippen LogP contribution is 2.29. The Morgan fingerprint density at radius 2 is 1.77 bits per heavy atom.